The third-order valence-corrected chi connectivity index (χ3v) is 2.21. The van der Waals surface area contributed by atoms with Gasteiger partial charge in [0.2, 0.25) is 5.91 Å². The number of carboxylic acids is 1. The van der Waals surface area contributed by atoms with Crippen LogP contribution in [0.15, 0.2) is 18.2 Å². The molecule has 1 heterocycles. The number of hydrogen-bond donors (Lipinski definition) is 2. The first-order chi connectivity index (χ1) is 7.09. The van der Waals surface area contributed by atoms with E-state index in [-0.39, 0.29) is 17.9 Å². The van der Waals surface area contributed by atoms with E-state index in [1.165, 1.54) is 6.07 Å². The first-order valence-corrected chi connectivity index (χ1v) is 4.29. The number of fused-ring (bicyclic) bond motifs is 1. The molecule has 5 nitrogen and oxygen atoms in total. The third kappa shape index (κ3) is 1.48. The summed E-state index contributed by atoms with van der Waals surface area (Å²) in [6, 6.07) is 4.64. The van der Waals surface area contributed by atoms with E-state index in [0.29, 0.717) is 11.3 Å². The summed E-state index contributed by atoms with van der Waals surface area (Å²) in [5.41, 5.74) is 1.02. The molecule has 0 spiro atoms. The van der Waals surface area contributed by atoms with Crippen LogP contribution >= 0.6 is 0 Å². The van der Waals surface area contributed by atoms with Gasteiger partial charge in [-0.15, -0.1) is 0 Å². The van der Waals surface area contributed by atoms with Gasteiger partial charge in [0.05, 0.1) is 17.7 Å². The number of ketones is 1. The Morgan fingerprint density at radius 3 is 2.73 bits per heavy atom. The van der Waals surface area contributed by atoms with Crippen molar-refractivity contribution >= 4 is 23.3 Å². The van der Waals surface area contributed by atoms with E-state index in [2.05, 4.69) is 5.32 Å². The van der Waals surface area contributed by atoms with E-state index in [1.807, 2.05) is 0 Å². The Kier molecular flexibility index (Phi) is 2.00. The lowest BCUT2D eigenvalue weighted by atomic mass is 10.0. The maximum absolute atomic E-state index is 11.3. The molecule has 1 aliphatic rings. The zero-order valence-electron chi connectivity index (χ0n) is 7.61. The van der Waals surface area contributed by atoms with E-state index < -0.39 is 11.8 Å². The van der Waals surface area contributed by atoms with Crippen molar-refractivity contribution in [2.45, 2.75) is 6.42 Å². The summed E-state index contributed by atoms with van der Waals surface area (Å²) in [4.78, 5) is 32.9. The summed E-state index contributed by atoms with van der Waals surface area (Å²) >= 11 is 0. The molecule has 76 valence electrons. The zero-order chi connectivity index (χ0) is 11.0. The van der Waals surface area contributed by atoms with Gasteiger partial charge in [-0.3, -0.25) is 9.59 Å². The summed E-state index contributed by atoms with van der Waals surface area (Å²) in [5, 5.41) is 11.0. The molecule has 5 heteroatoms. The van der Waals surface area contributed by atoms with Crippen LogP contribution in [-0.4, -0.2) is 22.8 Å². The van der Waals surface area contributed by atoms with Crippen LogP contribution in [-0.2, 0) is 16.0 Å². The standard InChI is InChI=1S/C10H7NO4/c12-7-4-5-2-1-3-6(8(5)11-7)9(13)10(14)15/h1-3H,4H2,(H,11,12)(H,14,15). The highest BCUT2D eigenvalue weighted by atomic mass is 16.4. The quantitative estimate of drug-likeness (QED) is 0.542. The van der Waals surface area contributed by atoms with Gasteiger partial charge in [0, 0.05) is 0 Å². The SMILES string of the molecule is O=C1Cc2cccc(C(=O)C(=O)O)c2N1. The van der Waals surface area contributed by atoms with E-state index in [0.717, 1.165) is 0 Å². The Morgan fingerprint density at radius 2 is 2.07 bits per heavy atom. The average molecular weight is 205 g/mol. The molecule has 1 amide bonds. The number of anilines is 1. The zero-order valence-corrected chi connectivity index (χ0v) is 7.61. The number of para-hydroxylation sites is 1. The van der Waals surface area contributed by atoms with Gasteiger partial charge in [-0.2, -0.15) is 0 Å². The molecule has 2 rings (SSSR count). The maximum Gasteiger partial charge on any atom is 0.377 e. The summed E-state index contributed by atoms with van der Waals surface area (Å²) < 4.78 is 0. The minimum atomic E-state index is -1.52. The van der Waals surface area contributed by atoms with Gasteiger partial charge < -0.3 is 10.4 Å². The van der Waals surface area contributed by atoms with Gasteiger partial charge in [0.15, 0.2) is 0 Å². The minimum absolute atomic E-state index is 0.0332. The Balaban J connectivity index is 2.52. The Morgan fingerprint density at radius 1 is 1.33 bits per heavy atom. The lowest BCUT2D eigenvalue weighted by molar-refractivity contribution is -0.131. The predicted molar refractivity (Wildman–Crippen MR) is 50.7 cm³/mol. The molecule has 15 heavy (non-hydrogen) atoms. The number of carbonyl (C=O) groups excluding carboxylic acids is 2. The van der Waals surface area contributed by atoms with Gasteiger partial charge in [-0.25, -0.2) is 4.79 Å². The molecular weight excluding hydrogens is 198 g/mol. The van der Waals surface area contributed by atoms with Gasteiger partial charge in [-0.05, 0) is 11.6 Å². The predicted octanol–water partition coefficient (Wildman–Crippen LogP) is 0.449. The van der Waals surface area contributed by atoms with Crippen LogP contribution in [0, 0.1) is 0 Å². The van der Waals surface area contributed by atoms with Crippen LogP contribution in [0.3, 0.4) is 0 Å². The fourth-order valence-corrected chi connectivity index (χ4v) is 1.56. The molecule has 2 N–H and O–H groups in total. The molecule has 1 aromatic carbocycles. The fraction of sp³-hybridized carbons (Fsp3) is 0.100. The number of Topliss-reactive ketones (excluding diaryl/α,β-unsaturated/α-hetero) is 1. The Labute approximate surface area is 84.7 Å². The fourth-order valence-electron chi connectivity index (χ4n) is 1.56. The molecule has 0 unspecified atom stereocenters. The summed E-state index contributed by atoms with van der Waals surface area (Å²) in [6.07, 6.45) is 0.191. The number of benzene rings is 1. The lowest BCUT2D eigenvalue weighted by Gasteiger charge is -2.03. The van der Waals surface area contributed by atoms with Crippen molar-refractivity contribution < 1.29 is 19.5 Å². The van der Waals surface area contributed by atoms with Gasteiger partial charge in [0.25, 0.3) is 5.78 Å². The molecular formula is C10H7NO4. The second-order valence-electron chi connectivity index (χ2n) is 3.20. The second-order valence-corrected chi connectivity index (χ2v) is 3.20. The minimum Gasteiger partial charge on any atom is -0.475 e. The maximum atomic E-state index is 11.3. The molecule has 0 radical (unpaired) electrons. The molecule has 0 saturated carbocycles. The highest BCUT2D eigenvalue weighted by Crippen LogP contribution is 2.27. The van der Waals surface area contributed by atoms with E-state index >= 15 is 0 Å². The molecule has 0 saturated heterocycles. The number of hydrogen-bond acceptors (Lipinski definition) is 3. The number of amides is 1. The van der Waals surface area contributed by atoms with Crippen molar-refractivity contribution in [3.63, 3.8) is 0 Å². The van der Waals surface area contributed by atoms with Crippen molar-refractivity contribution in [1.29, 1.82) is 0 Å². The molecule has 0 fully saturated rings. The topological polar surface area (TPSA) is 83.5 Å². The van der Waals surface area contributed by atoms with Crippen molar-refractivity contribution in [3.05, 3.63) is 29.3 Å². The molecule has 0 aliphatic carbocycles. The second kappa shape index (κ2) is 3.20. The Hall–Kier alpha value is -2.17. The van der Waals surface area contributed by atoms with Gasteiger partial charge >= 0.3 is 5.97 Å². The normalized spacial score (nSPS) is 13.2. The van der Waals surface area contributed by atoms with Crippen LogP contribution in [0.1, 0.15) is 15.9 Å². The monoisotopic (exact) mass is 205 g/mol. The number of rotatable bonds is 2. The van der Waals surface area contributed by atoms with Crippen LogP contribution in [0.5, 0.6) is 0 Å². The van der Waals surface area contributed by atoms with Crippen LogP contribution in [0.2, 0.25) is 0 Å². The van der Waals surface area contributed by atoms with E-state index in [1.54, 1.807) is 12.1 Å². The van der Waals surface area contributed by atoms with Crippen LogP contribution in [0.4, 0.5) is 5.69 Å². The van der Waals surface area contributed by atoms with Gasteiger partial charge in [-0.1, -0.05) is 12.1 Å². The average Bonchev–Trinajstić information content (AvgIpc) is 2.56. The number of aliphatic carboxylic acids is 1. The van der Waals surface area contributed by atoms with E-state index in [9.17, 15) is 14.4 Å². The molecule has 0 atom stereocenters. The molecule has 1 aliphatic heterocycles. The van der Waals surface area contributed by atoms with E-state index in [4.69, 9.17) is 5.11 Å². The van der Waals surface area contributed by atoms with Crippen molar-refractivity contribution in [3.8, 4) is 0 Å². The number of nitrogens with one attached hydrogen (secondary N) is 1. The van der Waals surface area contributed by atoms with Crippen LogP contribution in [0.25, 0.3) is 0 Å². The first kappa shape index (κ1) is 9.39. The molecule has 1 aromatic rings. The number of carboxylic acid groups (broad SMARTS) is 1. The summed E-state index contributed by atoms with van der Waals surface area (Å²) in [5.74, 6) is -2.76. The highest BCUT2D eigenvalue weighted by Gasteiger charge is 2.26. The number of carbonyl (C=O) groups is 3. The molecule has 0 bridgehead atoms. The third-order valence-electron chi connectivity index (χ3n) is 2.21. The largest absolute Gasteiger partial charge is 0.475 e. The smallest absolute Gasteiger partial charge is 0.377 e. The highest BCUT2D eigenvalue weighted by molar-refractivity contribution is 6.41. The van der Waals surface area contributed by atoms with Crippen molar-refractivity contribution in [2.24, 2.45) is 0 Å². The molecule has 0 aromatic heterocycles. The Bertz CT molecular complexity index is 478. The van der Waals surface area contributed by atoms with Crippen molar-refractivity contribution in [1.82, 2.24) is 0 Å². The summed E-state index contributed by atoms with van der Waals surface area (Å²) in [6.45, 7) is 0. The van der Waals surface area contributed by atoms with Crippen molar-refractivity contribution in [2.75, 3.05) is 5.32 Å². The summed E-state index contributed by atoms with van der Waals surface area (Å²) in [7, 11) is 0. The van der Waals surface area contributed by atoms with Crippen LogP contribution < -0.4 is 5.32 Å². The first-order valence-electron chi connectivity index (χ1n) is 4.29. The lowest BCUT2D eigenvalue weighted by Crippen LogP contribution is -2.15. The van der Waals surface area contributed by atoms with Gasteiger partial charge in [0.1, 0.15) is 0 Å².